The first-order valence-corrected chi connectivity index (χ1v) is 5.76. The zero-order valence-corrected chi connectivity index (χ0v) is 11.9. The lowest BCUT2D eigenvalue weighted by atomic mass is 10.1. The fraction of sp³-hybridized carbons (Fsp3) is 0.357. The van der Waals surface area contributed by atoms with Crippen LogP contribution in [-0.2, 0) is 19.1 Å². The Labute approximate surface area is 113 Å². The number of carbonyl (C=O) groups is 3. The molecule has 1 aromatic carbocycles. The number of esters is 2. The van der Waals surface area contributed by atoms with Gasteiger partial charge in [0.15, 0.2) is 0 Å². The summed E-state index contributed by atoms with van der Waals surface area (Å²) in [6.45, 7) is 7.86. The third kappa shape index (κ3) is 8.54. The number of aryl methyl sites for hydroxylation is 2. The number of ether oxygens (including phenoxy) is 1. The van der Waals surface area contributed by atoms with E-state index in [0.717, 1.165) is 16.8 Å². The summed E-state index contributed by atoms with van der Waals surface area (Å²) in [6, 6.07) is 6.00. The summed E-state index contributed by atoms with van der Waals surface area (Å²) in [7, 11) is 0. The highest BCUT2D eigenvalue weighted by molar-refractivity contribution is 5.89. The smallest absolute Gasteiger partial charge is 0.310 e. The molecule has 1 rings (SSSR count). The Morgan fingerprint density at radius 3 is 1.89 bits per heavy atom. The normalized spacial score (nSPS) is 8.89. The SMILES string of the molecule is CC(=O)Nc1cc(C)ccc1C.CC(=O)OC(C)=O. The molecule has 104 valence electrons. The number of amides is 1. The van der Waals surface area contributed by atoms with Crippen molar-refractivity contribution in [2.45, 2.75) is 34.6 Å². The van der Waals surface area contributed by atoms with Crippen molar-refractivity contribution in [3.8, 4) is 0 Å². The largest absolute Gasteiger partial charge is 0.394 e. The second-order valence-electron chi connectivity index (χ2n) is 4.08. The lowest BCUT2D eigenvalue weighted by Gasteiger charge is -2.06. The third-order valence-electron chi connectivity index (χ3n) is 1.99. The number of hydrogen-bond acceptors (Lipinski definition) is 4. The van der Waals surface area contributed by atoms with Crippen LogP contribution in [0.5, 0.6) is 0 Å². The summed E-state index contributed by atoms with van der Waals surface area (Å²) in [6.07, 6.45) is 0. The average Bonchev–Trinajstić information content (AvgIpc) is 2.21. The van der Waals surface area contributed by atoms with Gasteiger partial charge in [-0.3, -0.25) is 14.4 Å². The second-order valence-corrected chi connectivity index (χ2v) is 4.08. The molecular formula is C14H19NO4. The molecule has 5 nitrogen and oxygen atoms in total. The van der Waals surface area contributed by atoms with Crippen LogP contribution in [0.4, 0.5) is 5.69 Å². The van der Waals surface area contributed by atoms with Crippen LogP contribution >= 0.6 is 0 Å². The van der Waals surface area contributed by atoms with Crippen LogP contribution in [0.2, 0.25) is 0 Å². The number of carbonyl (C=O) groups excluding carboxylic acids is 3. The van der Waals surface area contributed by atoms with Crippen molar-refractivity contribution in [1.29, 1.82) is 0 Å². The van der Waals surface area contributed by atoms with Crippen molar-refractivity contribution in [2.75, 3.05) is 5.32 Å². The second kappa shape index (κ2) is 8.02. The Morgan fingerprint density at radius 1 is 1.00 bits per heavy atom. The lowest BCUT2D eigenvalue weighted by Crippen LogP contribution is -2.07. The van der Waals surface area contributed by atoms with E-state index in [9.17, 15) is 14.4 Å². The molecule has 19 heavy (non-hydrogen) atoms. The number of hydrogen-bond donors (Lipinski definition) is 1. The molecule has 0 saturated carbocycles. The van der Waals surface area contributed by atoms with E-state index in [1.165, 1.54) is 20.8 Å². The highest BCUT2D eigenvalue weighted by Crippen LogP contribution is 2.15. The van der Waals surface area contributed by atoms with Crippen LogP contribution in [0.25, 0.3) is 0 Å². The Balaban J connectivity index is 0.000000399. The van der Waals surface area contributed by atoms with E-state index < -0.39 is 11.9 Å². The summed E-state index contributed by atoms with van der Waals surface area (Å²) in [4.78, 5) is 30.4. The maximum atomic E-state index is 10.8. The van der Waals surface area contributed by atoms with Crippen LogP contribution in [0, 0.1) is 13.8 Å². The zero-order valence-electron chi connectivity index (χ0n) is 11.9. The molecule has 0 aromatic heterocycles. The zero-order chi connectivity index (χ0) is 15.0. The molecule has 5 heteroatoms. The highest BCUT2D eigenvalue weighted by Gasteiger charge is 1.99. The summed E-state index contributed by atoms with van der Waals surface area (Å²) < 4.78 is 3.97. The Kier molecular flexibility index (Phi) is 7.11. The van der Waals surface area contributed by atoms with Crippen molar-refractivity contribution >= 4 is 23.5 Å². The van der Waals surface area contributed by atoms with Crippen LogP contribution in [0.3, 0.4) is 0 Å². The molecule has 0 saturated heterocycles. The number of anilines is 1. The van der Waals surface area contributed by atoms with Crippen molar-refractivity contribution in [3.05, 3.63) is 29.3 Å². The van der Waals surface area contributed by atoms with Gasteiger partial charge in [-0.05, 0) is 31.0 Å². The van der Waals surface area contributed by atoms with Gasteiger partial charge < -0.3 is 10.1 Å². The number of benzene rings is 1. The topological polar surface area (TPSA) is 72.5 Å². The summed E-state index contributed by atoms with van der Waals surface area (Å²) in [5.74, 6) is -1.15. The summed E-state index contributed by atoms with van der Waals surface area (Å²) in [5, 5.41) is 2.77. The van der Waals surface area contributed by atoms with E-state index >= 15 is 0 Å². The monoisotopic (exact) mass is 265 g/mol. The molecule has 0 atom stereocenters. The van der Waals surface area contributed by atoms with Crippen molar-refractivity contribution in [2.24, 2.45) is 0 Å². The van der Waals surface area contributed by atoms with Gasteiger partial charge in [-0.1, -0.05) is 12.1 Å². The molecule has 0 aliphatic heterocycles. The molecule has 0 spiro atoms. The predicted molar refractivity (Wildman–Crippen MR) is 72.7 cm³/mol. The fourth-order valence-corrected chi connectivity index (χ4v) is 1.26. The van der Waals surface area contributed by atoms with E-state index in [0.29, 0.717) is 0 Å². The van der Waals surface area contributed by atoms with Crippen LogP contribution in [0.15, 0.2) is 18.2 Å². The molecule has 0 aliphatic carbocycles. The van der Waals surface area contributed by atoms with Gasteiger partial charge in [0, 0.05) is 26.5 Å². The first-order chi connectivity index (χ1) is 8.72. The highest BCUT2D eigenvalue weighted by atomic mass is 16.6. The minimum absolute atomic E-state index is 0.0244. The van der Waals surface area contributed by atoms with Gasteiger partial charge in [-0.25, -0.2) is 0 Å². The molecule has 1 aromatic rings. The molecule has 0 unspecified atom stereocenters. The van der Waals surface area contributed by atoms with Gasteiger partial charge in [0.1, 0.15) is 0 Å². The van der Waals surface area contributed by atoms with Crippen molar-refractivity contribution < 1.29 is 19.1 Å². The van der Waals surface area contributed by atoms with Gasteiger partial charge in [0.25, 0.3) is 0 Å². The molecule has 0 radical (unpaired) electrons. The lowest BCUT2D eigenvalue weighted by molar-refractivity contribution is -0.156. The van der Waals surface area contributed by atoms with Gasteiger partial charge in [-0.15, -0.1) is 0 Å². The molecule has 1 N–H and O–H groups in total. The van der Waals surface area contributed by atoms with E-state index in [-0.39, 0.29) is 5.91 Å². The molecule has 0 aliphatic rings. The minimum atomic E-state index is -0.562. The number of nitrogens with one attached hydrogen (secondary N) is 1. The molecule has 1 amide bonds. The Morgan fingerprint density at radius 2 is 1.53 bits per heavy atom. The Hall–Kier alpha value is -2.17. The maximum Gasteiger partial charge on any atom is 0.310 e. The first kappa shape index (κ1) is 16.8. The number of rotatable bonds is 1. The average molecular weight is 265 g/mol. The molecule has 0 fully saturated rings. The maximum absolute atomic E-state index is 10.8. The molecule has 0 bridgehead atoms. The van der Waals surface area contributed by atoms with E-state index in [2.05, 4.69) is 10.1 Å². The van der Waals surface area contributed by atoms with Crippen molar-refractivity contribution in [1.82, 2.24) is 0 Å². The van der Waals surface area contributed by atoms with E-state index in [1.807, 2.05) is 32.0 Å². The van der Waals surface area contributed by atoms with Gasteiger partial charge >= 0.3 is 11.9 Å². The third-order valence-corrected chi connectivity index (χ3v) is 1.99. The fourth-order valence-electron chi connectivity index (χ4n) is 1.26. The van der Waals surface area contributed by atoms with Crippen molar-refractivity contribution in [3.63, 3.8) is 0 Å². The van der Waals surface area contributed by atoms with Crippen LogP contribution < -0.4 is 5.32 Å². The predicted octanol–water partition coefficient (Wildman–Crippen LogP) is 2.36. The molecular weight excluding hydrogens is 246 g/mol. The first-order valence-electron chi connectivity index (χ1n) is 5.76. The van der Waals surface area contributed by atoms with Gasteiger partial charge in [-0.2, -0.15) is 0 Å². The van der Waals surface area contributed by atoms with Gasteiger partial charge in [0.2, 0.25) is 5.91 Å². The summed E-state index contributed by atoms with van der Waals surface area (Å²) >= 11 is 0. The van der Waals surface area contributed by atoms with Crippen LogP contribution in [0.1, 0.15) is 31.9 Å². The van der Waals surface area contributed by atoms with E-state index in [4.69, 9.17) is 0 Å². The quantitative estimate of drug-likeness (QED) is 0.625. The van der Waals surface area contributed by atoms with Crippen LogP contribution in [-0.4, -0.2) is 17.8 Å². The minimum Gasteiger partial charge on any atom is -0.394 e. The van der Waals surface area contributed by atoms with Gasteiger partial charge in [0.05, 0.1) is 0 Å². The summed E-state index contributed by atoms with van der Waals surface area (Å²) in [5.41, 5.74) is 3.16. The molecule has 0 heterocycles. The standard InChI is InChI=1S/C10H13NO.C4H6O3/c1-7-4-5-8(2)10(6-7)11-9(3)12;1-3(5)7-4(2)6/h4-6H,1-3H3,(H,11,12);1-2H3. The van der Waals surface area contributed by atoms with E-state index in [1.54, 1.807) is 0 Å². The Bertz CT molecular complexity index is 468.